The van der Waals surface area contributed by atoms with E-state index in [-0.39, 0.29) is 22.9 Å². The topological polar surface area (TPSA) is 83.6 Å². The fourth-order valence-corrected chi connectivity index (χ4v) is 1.17. The fourth-order valence-electron chi connectivity index (χ4n) is 1.01. The average Bonchev–Trinajstić information content (AvgIpc) is 2.17. The first-order valence-electron chi connectivity index (χ1n) is 3.77. The number of aliphatic hydroxyl groups is 1. The molecular weight excluding hydrogens is 210 g/mol. The largest absolute Gasteiger partial charge is 0.508 e. The third kappa shape index (κ3) is 2.12. The lowest BCUT2D eigenvalue weighted by molar-refractivity contribution is -0.385. The van der Waals surface area contributed by atoms with Crippen LogP contribution in [0.1, 0.15) is 11.7 Å². The van der Waals surface area contributed by atoms with Gasteiger partial charge in [-0.25, -0.2) is 0 Å². The van der Waals surface area contributed by atoms with Gasteiger partial charge in [0.05, 0.1) is 16.9 Å². The summed E-state index contributed by atoms with van der Waals surface area (Å²) in [6.45, 7) is 0. The summed E-state index contributed by atoms with van der Waals surface area (Å²) < 4.78 is 0. The van der Waals surface area contributed by atoms with Gasteiger partial charge in [-0.05, 0) is 6.07 Å². The van der Waals surface area contributed by atoms with E-state index in [2.05, 4.69) is 0 Å². The van der Waals surface area contributed by atoms with Crippen molar-refractivity contribution in [1.82, 2.24) is 0 Å². The van der Waals surface area contributed by atoms with Crippen molar-refractivity contribution in [2.45, 2.75) is 6.10 Å². The summed E-state index contributed by atoms with van der Waals surface area (Å²) in [6, 6.07) is 3.41. The van der Waals surface area contributed by atoms with Gasteiger partial charge in [0.1, 0.15) is 5.75 Å². The minimum absolute atomic E-state index is 0.0641. The molecule has 0 spiro atoms. The molecule has 1 aromatic rings. The summed E-state index contributed by atoms with van der Waals surface area (Å²) in [5.41, 5.74) is -0.129. The number of phenolic OH excluding ortho intramolecular Hbond substituents is 1. The number of rotatable bonds is 3. The lowest BCUT2D eigenvalue weighted by Gasteiger charge is -2.08. The molecule has 6 heteroatoms. The molecular formula is C8H8ClNO4. The molecule has 1 aromatic carbocycles. The minimum Gasteiger partial charge on any atom is -0.508 e. The van der Waals surface area contributed by atoms with Crippen LogP contribution >= 0.6 is 11.6 Å². The molecule has 5 nitrogen and oxygen atoms in total. The van der Waals surface area contributed by atoms with E-state index >= 15 is 0 Å². The number of phenols is 1. The summed E-state index contributed by atoms with van der Waals surface area (Å²) in [5.74, 6) is -0.335. The van der Waals surface area contributed by atoms with Crippen LogP contribution in [-0.4, -0.2) is 21.0 Å². The van der Waals surface area contributed by atoms with E-state index in [1.54, 1.807) is 0 Å². The van der Waals surface area contributed by atoms with Gasteiger partial charge in [0.15, 0.2) is 0 Å². The lowest BCUT2D eigenvalue weighted by atomic mass is 10.1. The van der Waals surface area contributed by atoms with E-state index < -0.39 is 11.0 Å². The Kier molecular flexibility index (Phi) is 3.27. The van der Waals surface area contributed by atoms with E-state index in [1.807, 2.05) is 0 Å². The Labute approximate surface area is 84.7 Å². The minimum atomic E-state index is -1.10. The highest BCUT2D eigenvalue weighted by molar-refractivity contribution is 6.18. The van der Waals surface area contributed by atoms with Crippen molar-refractivity contribution in [3.8, 4) is 5.75 Å². The average molecular weight is 218 g/mol. The van der Waals surface area contributed by atoms with E-state index in [1.165, 1.54) is 0 Å². The number of nitro benzene ring substituents is 1. The van der Waals surface area contributed by atoms with Gasteiger partial charge in [-0.1, -0.05) is 0 Å². The van der Waals surface area contributed by atoms with E-state index in [9.17, 15) is 20.3 Å². The zero-order chi connectivity index (χ0) is 10.7. The standard InChI is InChI=1S/C8H8ClNO4/c9-4-8(12)6-3-5(10(13)14)1-2-7(6)11/h1-3,8,11-12H,4H2. The summed E-state index contributed by atoms with van der Waals surface area (Å²) in [4.78, 5) is 9.78. The van der Waals surface area contributed by atoms with Gasteiger partial charge in [-0.15, -0.1) is 11.6 Å². The van der Waals surface area contributed by atoms with Crippen LogP contribution in [0.2, 0.25) is 0 Å². The second-order valence-corrected chi connectivity index (χ2v) is 2.98. The van der Waals surface area contributed by atoms with Crippen LogP contribution in [0.3, 0.4) is 0 Å². The van der Waals surface area contributed by atoms with Gasteiger partial charge in [0.25, 0.3) is 5.69 Å². The second-order valence-electron chi connectivity index (χ2n) is 2.67. The molecule has 1 rings (SSSR count). The van der Waals surface area contributed by atoms with Crippen LogP contribution in [-0.2, 0) is 0 Å². The zero-order valence-corrected chi connectivity index (χ0v) is 7.81. The predicted octanol–water partition coefficient (Wildman–Crippen LogP) is 1.57. The van der Waals surface area contributed by atoms with Crippen LogP contribution < -0.4 is 0 Å². The third-order valence-electron chi connectivity index (χ3n) is 1.73. The lowest BCUT2D eigenvalue weighted by Crippen LogP contribution is -2.00. The molecule has 0 fully saturated rings. The Hall–Kier alpha value is -1.33. The van der Waals surface area contributed by atoms with Crippen molar-refractivity contribution in [3.05, 3.63) is 33.9 Å². The third-order valence-corrected chi connectivity index (χ3v) is 2.02. The number of nitrogens with zero attached hydrogens (tertiary/aromatic N) is 1. The summed E-state index contributed by atoms with van der Waals surface area (Å²) in [6.07, 6.45) is -1.10. The number of non-ortho nitro benzene ring substituents is 1. The molecule has 14 heavy (non-hydrogen) atoms. The predicted molar refractivity (Wildman–Crippen MR) is 50.4 cm³/mol. The van der Waals surface area contributed by atoms with Crippen molar-refractivity contribution in [3.63, 3.8) is 0 Å². The van der Waals surface area contributed by atoms with Crippen molar-refractivity contribution >= 4 is 17.3 Å². The molecule has 76 valence electrons. The number of halogens is 1. The van der Waals surface area contributed by atoms with E-state index in [0.717, 1.165) is 18.2 Å². The number of hydrogen-bond acceptors (Lipinski definition) is 4. The molecule has 0 heterocycles. The molecule has 0 aliphatic heterocycles. The molecule has 0 saturated heterocycles. The maximum Gasteiger partial charge on any atom is 0.270 e. The molecule has 0 aliphatic rings. The first-order valence-corrected chi connectivity index (χ1v) is 4.31. The molecule has 1 unspecified atom stereocenters. The maximum absolute atomic E-state index is 10.4. The normalized spacial score (nSPS) is 12.4. The van der Waals surface area contributed by atoms with Crippen molar-refractivity contribution in [1.29, 1.82) is 0 Å². The van der Waals surface area contributed by atoms with Gasteiger partial charge >= 0.3 is 0 Å². The number of alkyl halides is 1. The van der Waals surface area contributed by atoms with Gasteiger partial charge in [-0.3, -0.25) is 10.1 Å². The smallest absolute Gasteiger partial charge is 0.270 e. The fraction of sp³-hybridized carbons (Fsp3) is 0.250. The molecule has 0 bridgehead atoms. The Bertz CT molecular complexity index is 355. The molecule has 0 saturated carbocycles. The van der Waals surface area contributed by atoms with Gasteiger partial charge in [0.2, 0.25) is 0 Å². The number of nitro groups is 1. The van der Waals surface area contributed by atoms with E-state index in [4.69, 9.17) is 11.6 Å². The van der Waals surface area contributed by atoms with Crippen LogP contribution in [0.15, 0.2) is 18.2 Å². The highest BCUT2D eigenvalue weighted by Crippen LogP contribution is 2.28. The number of aliphatic hydroxyl groups excluding tert-OH is 1. The van der Waals surface area contributed by atoms with Crippen molar-refractivity contribution in [2.75, 3.05) is 5.88 Å². The van der Waals surface area contributed by atoms with Gasteiger partial charge in [-0.2, -0.15) is 0 Å². The van der Waals surface area contributed by atoms with Crippen LogP contribution in [0, 0.1) is 10.1 Å². The van der Waals surface area contributed by atoms with Crippen molar-refractivity contribution in [2.24, 2.45) is 0 Å². The molecule has 1 atom stereocenters. The monoisotopic (exact) mass is 217 g/mol. The maximum atomic E-state index is 10.4. The number of aromatic hydroxyl groups is 1. The Morgan fingerprint density at radius 2 is 2.21 bits per heavy atom. The molecule has 0 amide bonds. The number of benzene rings is 1. The highest BCUT2D eigenvalue weighted by Gasteiger charge is 2.15. The van der Waals surface area contributed by atoms with Crippen LogP contribution in [0.25, 0.3) is 0 Å². The summed E-state index contributed by atoms with van der Waals surface area (Å²) >= 11 is 5.36. The van der Waals surface area contributed by atoms with E-state index in [0.29, 0.717) is 0 Å². The Morgan fingerprint density at radius 3 is 2.71 bits per heavy atom. The summed E-state index contributed by atoms with van der Waals surface area (Å²) in [5, 5.41) is 29.0. The second kappa shape index (κ2) is 4.26. The first-order chi connectivity index (χ1) is 6.56. The van der Waals surface area contributed by atoms with Crippen molar-refractivity contribution < 1.29 is 15.1 Å². The Morgan fingerprint density at radius 1 is 1.57 bits per heavy atom. The molecule has 0 aliphatic carbocycles. The zero-order valence-electron chi connectivity index (χ0n) is 7.05. The highest BCUT2D eigenvalue weighted by atomic mass is 35.5. The number of hydrogen-bond donors (Lipinski definition) is 2. The molecule has 2 N–H and O–H groups in total. The van der Waals surface area contributed by atoms with Crippen LogP contribution in [0.5, 0.6) is 5.75 Å². The van der Waals surface area contributed by atoms with Crippen LogP contribution in [0.4, 0.5) is 5.69 Å². The Balaban J connectivity index is 3.14. The van der Waals surface area contributed by atoms with Gasteiger partial charge < -0.3 is 10.2 Å². The first kappa shape index (κ1) is 10.7. The van der Waals surface area contributed by atoms with Gasteiger partial charge in [0, 0.05) is 17.7 Å². The summed E-state index contributed by atoms with van der Waals surface area (Å²) in [7, 11) is 0. The molecule has 0 aromatic heterocycles. The molecule has 0 radical (unpaired) electrons. The quantitative estimate of drug-likeness (QED) is 0.457. The SMILES string of the molecule is O=[N+]([O-])c1ccc(O)c(C(O)CCl)c1.